The van der Waals surface area contributed by atoms with Crippen LogP contribution in [-0.2, 0) is 6.42 Å². The fraction of sp³-hybridized carbons (Fsp3) is 0.667. The topological polar surface area (TPSA) is 0 Å². The predicted molar refractivity (Wildman–Crippen MR) is 105 cm³/mol. The molecule has 2 fully saturated rings. The summed E-state index contributed by atoms with van der Waals surface area (Å²) in [4.78, 5) is 0. The monoisotopic (exact) mass is 342 g/mol. The standard InChI is InChI=1S/C24H35F/c1-2-19-3-5-20(6-4-19)7-8-21-9-11-22(12-10-21)13-14-23-15-17-24(25)18-16-23/h7-8,15-22H,2-6,9-14H2,1H3/b8-7+. The number of halogens is 1. The van der Waals surface area contributed by atoms with Crippen molar-refractivity contribution < 1.29 is 4.39 Å². The lowest BCUT2D eigenvalue weighted by Gasteiger charge is -2.28. The molecule has 0 saturated heterocycles. The van der Waals surface area contributed by atoms with Gasteiger partial charge in [-0.25, -0.2) is 4.39 Å². The van der Waals surface area contributed by atoms with Crippen molar-refractivity contribution >= 4 is 0 Å². The van der Waals surface area contributed by atoms with Crippen molar-refractivity contribution in [3.8, 4) is 0 Å². The van der Waals surface area contributed by atoms with Crippen molar-refractivity contribution in [1.29, 1.82) is 0 Å². The Kier molecular flexibility index (Phi) is 7.13. The molecule has 0 unspecified atom stereocenters. The van der Waals surface area contributed by atoms with Gasteiger partial charge in [-0.3, -0.25) is 0 Å². The van der Waals surface area contributed by atoms with Crippen molar-refractivity contribution in [2.45, 2.75) is 77.6 Å². The molecule has 1 heteroatoms. The second-order valence-electron chi connectivity index (χ2n) is 8.52. The molecule has 0 bridgehead atoms. The van der Waals surface area contributed by atoms with Gasteiger partial charge in [-0.2, -0.15) is 0 Å². The molecule has 0 spiro atoms. The molecule has 2 saturated carbocycles. The molecule has 0 heterocycles. The Morgan fingerprint density at radius 2 is 1.32 bits per heavy atom. The minimum absolute atomic E-state index is 0.126. The van der Waals surface area contributed by atoms with E-state index in [4.69, 9.17) is 0 Å². The van der Waals surface area contributed by atoms with Crippen molar-refractivity contribution in [3.63, 3.8) is 0 Å². The molecule has 2 aliphatic rings. The van der Waals surface area contributed by atoms with Gasteiger partial charge in [-0.1, -0.05) is 37.6 Å². The van der Waals surface area contributed by atoms with Gasteiger partial charge in [0, 0.05) is 0 Å². The zero-order valence-corrected chi connectivity index (χ0v) is 15.9. The Bertz CT molecular complexity index is 514. The summed E-state index contributed by atoms with van der Waals surface area (Å²) >= 11 is 0. The largest absolute Gasteiger partial charge is 0.207 e. The molecule has 25 heavy (non-hydrogen) atoms. The maximum absolute atomic E-state index is 13.0. The van der Waals surface area contributed by atoms with E-state index in [0.717, 1.165) is 30.1 Å². The van der Waals surface area contributed by atoms with Crippen LogP contribution in [0.1, 0.15) is 76.7 Å². The molecule has 0 atom stereocenters. The van der Waals surface area contributed by atoms with E-state index in [2.05, 4.69) is 19.1 Å². The van der Waals surface area contributed by atoms with Gasteiger partial charge in [0.2, 0.25) is 0 Å². The van der Waals surface area contributed by atoms with Crippen LogP contribution in [0.15, 0.2) is 36.4 Å². The third-order valence-corrected chi connectivity index (χ3v) is 6.77. The average Bonchev–Trinajstić information content (AvgIpc) is 2.67. The normalized spacial score (nSPS) is 30.6. The fourth-order valence-corrected chi connectivity index (χ4v) is 4.79. The summed E-state index contributed by atoms with van der Waals surface area (Å²) in [5, 5.41) is 0. The molecule has 0 amide bonds. The Morgan fingerprint density at radius 3 is 1.84 bits per heavy atom. The molecule has 0 aromatic heterocycles. The second-order valence-corrected chi connectivity index (χ2v) is 8.52. The van der Waals surface area contributed by atoms with Crippen LogP contribution in [0.4, 0.5) is 4.39 Å². The molecular formula is C24H35F. The van der Waals surface area contributed by atoms with Crippen LogP contribution >= 0.6 is 0 Å². The summed E-state index contributed by atoms with van der Waals surface area (Å²) in [6.07, 6.45) is 20.1. The fourth-order valence-electron chi connectivity index (χ4n) is 4.79. The first-order valence-corrected chi connectivity index (χ1v) is 10.7. The van der Waals surface area contributed by atoms with Crippen molar-refractivity contribution in [3.05, 3.63) is 47.8 Å². The number of rotatable bonds is 6. The first-order chi connectivity index (χ1) is 12.2. The van der Waals surface area contributed by atoms with Gasteiger partial charge in [-0.15, -0.1) is 0 Å². The van der Waals surface area contributed by atoms with Crippen molar-refractivity contribution in [2.24, 2.45) is 23.7 Å². The summed E-state index contributed by atoms with van der Waals surface area (Å²) < 4.78 is 13.0. The lowest BCUT2D eigenvalue weighted by atomic mass is 9.77. The zero-order chi connectivity index (χ0) is 17.5. The molecule has 0 aliphatic heterocycles. The Hall–Kier alpha value is -1.11. The summed E-state index contributed by atoms with van der Waals surface area (Å²) in [5.41, 5.74) is 1.28. The van der Waals surface area contributed by atoms with E-state index in [1.165, 1.54) is 69.8 Å². The first kappa shape index (κ1) is 18.7. The van der Waals surface area contributed by atoms with Gasteiger partial charge in [0.15, 0.2) is 0 Å². The lowest BCUT2D eigenvalue weighted by Crippen LogP contribution is -2.15. The summed E-state index contributed by atoms with van der Waals surface area (Å²) in [5.74, 6) is 3.43. The van der Waals surface area contributed by atoms with Gasteiger partial charge >= 0.3 is 0 Å². The van der Waals surface area contributed by atoms with Crippen LogP contribution < -0.4 is 0 Å². The summed E-state index contributed by atoms with van der Waals surface area (Å²) in [7, 11) is 0. The molecule has 3 rings (SSSR count). The average molecular weight is 343 g/mol. The molecule has 1 aromatic carbocycles. The van der Waals surface area contributed by atoms with E-state index >= 15 is 0 Å². The lowest BCUT2D eigenvalue weighted by molar-refractivity contribution is 0.289. The molecule has 0 radical (unpaired) electrons. The van der Waals surface area contributed by atoms with E-state index in [0.29, 0.717) is 0 Å². The number of allylic oxidation sites excluding steroid dienone is 2. The Morgan fingerprint density at radius 1 is 0.800 bits per heavy atom. The first-order valence-electron chi connectivity index (χ1n) is 10.7. The number of hydrogen-bond acceptors (Lipinski definition) is 0. The van der Waals surface area contributed by atoms with Gasteiger partial charge in [0.05, 0.1) is 0 Å². The van der Waals surface area contributed by atoms with Crippen LogP contribution in [0.3, 0.4) is 0 Å². The molecule has 138 valence electrons. The number of aryl methyl sites for hydroxylation is 1. The number of hydrogen-bond donors (Lipinski definition) is 0. The smallest absolute Gasteiger partial charge is 0.123 e. The quantitative estimate of drug-likeness (QED) is 0.474. The van der Waals surface area contributed by atoms with Crippen molar-refractivity contribution in [1.82, 2.24) is 0 Å². The van der Waals surface area contributed by atoms with E-state index < -0.39 is 0 Å². The van der Waals surface area contributed by atoms with Crippen molar-refractivity contribution in [2.75, 3.05) is 0 Å². The summed E-state index contributed by atoms with van der Waals surface area (Å²) in [6, 6.07) is 7.06. The number of benzene rings is 1. The highest BCUT2D eigenvalue weighted by atomic mass is 19.1. The Balaban J connectivity index is 1.34. The van der Waals surface area contributed by atoms with Crippen LogP contribution in [-0.4, -0.2) is 0 Å². The minimum atomic E-state index is -0.126. The molecular weight excluding hydrogens is 307 g/mol. The predicted octanol–water partition coefficient (Wildman–Crippen LogP) is 7.34. The third kappa shape index (κ3) is 5.97. The van der Waals surface area contributed by atoms with Gasteiger partial charge in [0.25, 0.3) is 0 Å². The SMILES string of the molecule is CCC1CCC(/C=C/C2CCC(CCc3ccc(F)cc3)CC2)CC1. The maximum atomic E-state index is 13.0. The minimum Gasteiger partial charge on any atom is -0.207 e. The van der Waals surface area contributed by atoms with E-state index in [1.807, 2.05) is 12.1 Å². The van der Waals surface area contributed by atoms with E-state index in [9.17, 15) is 4.39 Å². The highest BCUT2D eigenvalue weighted by Crippen LogP contribution is 2.35. The third-order valence-electron chi connectivity index (χ3n) is 6.77. The molecule has 0 N–H and O–H groups in total. The second kappa shape index (κ2) is 9.55. The molecule has 1 aromatic rings. The molecule has 2 aliphatic carbocycles. The van der Waals surface area contributed by atoms with E-state index in [-0.39, 0.29) is 5.82 Å². The van der Waals surface area contributed by atoms with Crippen LogP contribution in [0.25, 0.3) is 0 Å². The van der Waals surface area contributed by atoms with Gasteiger partial charge in [-0.05, 0) is 106 Å². The van der Waals surface area contributed by atoms with Crippen LogP contribution in [0.2, 0.25) is 0 Å². The maximum Gasteiger partial charge on any atom is 0.123 e. The molecule has 0 nitrogen and oxygen atoms in total. The van der Waals surface area contributed by atoms with Gasteiger partial charge in [0.1, 0.15) is 5.82 Å². The summed E-state index contributed by atoms with van der Waals surface area (Å²) in [6.45, 7) is 2.34. The highest BCUT2D eigenvalue weighted by Gasteiger charge is 2.21. The van der Waals surface area contributed by atoms with Crippen LogP contribution in [0, 0.1) is 29.5 Å². The van der Waals surface area contributed by atoms with Gasteiger partial charge < -0.3 is 0 Å². The Labute approximate surface area is 153 Å². The zero-order valence-electron chi connectivity index (χ0n) is 15.9. The van der Waals surface area contributed by atoms with Crippen LogP contribution in [0.5, 0.6) is 0 Å². The highest BCUT2D eigenvalue weighted by molar-refractivity contribution is 5.16. The van der Waals surface area contributed by atoms with E-state index in [1.54, 1.807) is 12.1 Å².